The molecule has 2 heterocycles. The summed E-state index contributed by atoms with van der Waals surface area (Å²) in [7, 11) is 0. The molecule has 0 unspecified atom stereocenters. The van der Waals surface area contributed by atoms with Crippen LogP contribution < -0.4 is 4.90 Å². The fourth-order valence-corrected chi connectivity index (χ4v) is 7.58. The summed E-state index contributed by atoms with van der Waals surface area (Å²) in [6.45, 7) is 4.75. The molecule has 7 aromatic rings. The van der Waals surface area contributed by atoms with E-state index in [0.29, 0.717) is 0 Å². The highest BCUT2D eigenvalue weighted by Crippen LogP contribution is 2.53. The van der Waals surface area contributed by atoms with Crippen LogP contribution in [0.15, 0.2) is 140 Å². The maximum atomic E-state index is 2.43. The number of anilines is 3. The van der Waals surface area contributed by atoms with Crippen molar-refractivity contribution in [3.63, 3.8) is 0 Å². The Bertz CT molecular complexity index is 2070. The SMILES string of the molecule is CC1(C)c2cc(-c3ccccc3)ccc2N(c2ccccc2)c2ccc(-c3ccc4sc5ccccc5c4c3)cc21. The normalized spacial score (nSPS) is 13.8. The van der Waals surface area contributed by atoms with E-state index < -0.39 is 0 Å². The lowest BCUT2D eigenvalue weighted by molar-refractivity contribution is 0.632. The first kappa shape index (κ1) is 24.2. The smallest absolute Gasteiger partial charge is 0.0503 e. The van der Waals surface area contributed by atoms with Gasteiger partial charge in [0, 0.05) is 31.3 Å². The summed E-state index contributed by atoms with van der Waals surface area (Å²) in [5.41, 5.74) is 11.2. The van der Waals surface area contributed by atoms with Crippen LogP contribution in [0.4, 0.5) is 17.1 Å². The number of para-hydroxylation sites is 1. The molecule has 0 amide bonds. The summed E-state index contributed by atoms with van der Waals surface area (Å²) in [6, 6.07) is 51.2. The van der Waals surface area contributed by atoms with Gasteiger partial charge in [-0.3, -0.25) is 0 Å². The van der Waals surface area contributed by atoms with Gasteiger partial charge in [0.05, 0.1) is 11.4 Å². The number of rotatable bonds is 3. The topological polar surface area (TPSA) is 3.24 Å². The van der Waals surface area contributed by atoms with Crippen molar-refractivity contribution in [2.24, 2.45) is 0 Å². The van der Waals surface area contributed by atoms with Crippen LogP contribution in [0.1, 0.15) is 25.0 Å². The van der Waals surface area contributed by atoms with Gasteiger partial charge in [0.15, 0.2) is 0 Å². The highest BCUT2D eigenvalue weighted by molar-refractivity contribution is 7.25. The van der Waals surface area contributed by atoms with Gasteiger partial charge in [-0.2, -0.15) is 0 Å². The van der Waals surface area contributed by atoms with Crippen LogP contribution in [0.25, 0.3) is 42.4 Å². The lowest BCUT2D eigenvalue weighted by Gasteiger charge is -2.42. The molecule has 2 heteroatoms. The summed E-state index contributed by atoms with van der Waals surface area (Å²) in [5.74, 6) is 0. The molecule has 0 N–H and O–H groups in total. The minimum Gasteiger partial charge on any atom is -0.310 e. The fraction of sp³-hybridized carbons (Fsp3) is 0.0769. The van der Waals surface area contributed by atoms with Crippen LogP contribution in [-0.2, 0) is 5.41 Å². The fourth-order valence-electron chi connectivity index (χ4n) is 6.49. The third kappa shape index (κ3) is 3.83. The largest absolute Gasteiger partial charge is 0.310 e. The van der Waals surface area contributed by atoms with Crippen LogP contribution in [0.5, 0.6) is 0 Å². The average Bonchev–Trinajstić information content (AvgIpc) is 3.40. The molecule has 196 valence electrons. The maximum absolute atomic E-state index is 2.43. The second-order valence-corrected chi connectivity index (χ2v) is 12.5. The Morgan fingerprint density at radius 3 is 1.71 bits per heavy atom. The van der Waals surface area contributed by atoms with Gasteiger partial charge < -0.3 is 4.90 Å². The van der Waals surface area contributed by atoms with Crippen molar-refractivity contribution in [1.29, 1.82) is 0 Å². The lowest BCUT2D eigenvalue weighted by atomic mass is 9.72. The highest BCUT2D eigenvalue weighted by atomic mass is 32.1. The highest BCUT2D eigenvalue weighted by Gasteiger charge is 2.37. The zero-order valence-electron chi connectivity index (χ0n) is 23.1. The molecule has 1 aliphatic rings. The molecule has 0 atom stereocenters. The molecule has 0 aliphatic carbocycles. The Morgan fingerprint density at radius 2 is 1.00 bits per heavy atom. The van der Waals surface area contributed by atoms with Crippen molar-refractivity contribution in [2.75, 3.05) is 4.90 Å². The molecular formula is C39H29NS. The van der Waals surface area contributed by atoms with Crippen molar-refractivity contribution in [3.05, 3.63) is 151 Å². The number of hydrogen-bond donors (Lipinski definition) is 0. The van der Waals surface area contributed by atoms with Gasteiger partial charge in [0.2, 0.25) is 0 Å². The Labute approximate surface area is 245 Å². The molecule has 1 aromatic heterocycles. The molecule has 0 bridgehead atoms. The predicted molar refractivity (Wildman–Crippen MR) is 177 cm³/mol. The Kier molecular flexibility index (Phi) is 5.42. The molecule has 0 saturated heterocycles. The van der Waals surface area contributed by atoms with Gasteiger partial charge in [-0.05, 0) is 88.0 Å². The van der Waals surface area contributed by atoms with E-state index in [1.54, 1.807) is 0 Å². The molecule has 0 fully saturated rings. The van der Waals surface area contributed by atoms with Crippen molar-refractivity contribution in [2.45, 2.75) is 19.3 Å². The van der Waals surface area contributed by atoms with Crippen LogP contribution in [0.2, 0.25) is 0 Å². The van der Waals surface area contributed by atoms with Crippen LogP contribution in [0, 0.1) is 0 Å². The first-order valence-corrected chi connectivity index (χ1v) is 15.0. The summed E-state index contributed by atoms with van der Waals surface area (Å²) in [5, 5.41) is 2.68. The van der Waals surface area contributed by atoms with Gasteiger partial charge in [-0.15, -0.1) is 11.3 Å². The summed E-state index contributed by atoms with van der Waals surface area (Å²) in [6.07, 6.45) is 0. The first-order chi connectivity index (χ1) is 20.1. The lowest BCUT2D eigenvalue weighted by Crippen LogP contribution is -2.30. The third-order valence-corrected chi connectivity index (χ3v) is 9.80. The molecule has 1 nitrogen and oxygen atoms in total. The van der Waals surface area contributed by atoms with Gasteiger partial charge in [-0.1, -0.05) is 98.8 Å². The maximum Gasteiger partial charge on any atom is 0.0503 e. The number of fused-ring (bicyclic) bond motifs is 5. The molecule has 6 aromatic carbocycles. The molecule has 1 aliphatic heterocycles. The summed E-state index contributed by atoms with van der Waals surface area (Å²) < 4.78 is 2.68. The van der Waals surface area contributed by atoms with Crippen molar-refractivity contribution in [1.82, 2.24) is 0 Å². The summed E-state index contributed by atoms with van der Waals surface area (Å²) in [4.78, 5) is 2.43. The Morgan fingerprint density at radius 1 is 0.463 bits per heavy atom. The molecular weight excluding hydrogens is 515 g/mol. The van der Waals surface area contributed by atoms with E-state index in [9.17, 15) is 0 Å². The molecule has 41 heavy (non-hydrogen) atoms. The number of benzene rings is 6. The second kappa shape index (κ2) is 9.19. The van der Waals surface area contributed by atoms with Crippen LogP contribution in [0.3, 0.4) is 0 Å². The van der Waals surface area contributed by atoms with Gasteiger partial charge in [0.25, 0.3) is 0 Å². The van der Waals surface area contributed by atoms with Gasteiger partial charge >= 0.3 is 0 Å². The Balaban J connectivity index is 1.33. The zero-order chi connectivity index (χ0) is 27.6. The molecule has 0 saturated carbocycles. The zero-order valence-corrected chi connectivity index (χ0v) is 24.0. The molecule has 0 radical (unpaired) electrons. The first-order valence-electron chi connectivity index (χ1n) is 14.2. The van der Waals surface area contributed by atoms with Crippen LogP contribution >= 0.6 is 11.3 Å². The number of hydrogen-bond acceptors (Lipinski definition) is 2. The second-order valence-electron chi connectivity index (χ2n) is 11.4. The average molecular weight is 544 g/mol. The van der Waals surface area contributed by atoms with E-state index in [0.717, 1.165) is 0 Å². The van der Waals surface area contributed by atoms with Crippen molar-refractivity contribution >= 4 is 48.6 Å². The predicted octanol–water partition coefficient (Wildman–Crippen LogP) is 11.5. The van der Waals surface area contributed by atoms with E-state index in [1.165, 1.54) is 70.6 Å². The van der Waals surface area contributed by atoms with Crippen molar-refractivity contribution < 1.29 is 0 Å². The molecule has 8 rings (SSSR count). The minimum atomic E-state index is -0.185. The van der Waals surface area contributed by atoms with E-state index in [-0.39, 0.29) is 5.41 Å². The van der Waals surface area contributed by atoms with E-state index in [2.05, 4.69) is 158 Å². The van der Waals surface area contributed by atoms with Crippen molar-refractivity contribution in [3.8, 4) is 22.3 Å². The third-order valence-electron chi connectivity index (χ3n) is 8.65. The number of nitrogens with zero attached hydrogens (tertiary/aromatic N) is 1. The van der Waals surface area contributed by atoms with Gasteiger partial charge in [0.1, 0.15) is 0 Å². The van der Waals surface area contributed by atoms with E-state index in [4.69, 9.17) is 0 Å². The standard InChI is InChI=1S/C39H29NS/c1-39(2)33-24-28(26-11-5-3-6-12-26)17-20-35(33)40(30-13-7-4-8-14-30)36-21-18-29(25-34(36)39)27-19-22-38-32(23-27)31-15-9-10-16-37(31)41-38/h3-25H,1-2H3. The van der Waals surface area contributed by atoms with E-state index in [1.807, 2.05) is 11.3 Å². The number of thiophene rings is 1. The van der Waals surface area contributed by atoms with E-state index >= 15 is 0 Å². The quantitative estimate of drug-likeness (QED) is 0.214. The summed E-state index contributed by atoms with van der Waals surface area (Å²) >= 11 is 1.87. The van der Waals surface area contributed by atoms with Crippen LogP contribution in [-0.4, -0.2) is 0 Å². The monoisotopic (exact) mass is 543 g/mol. The Hall–Kier alpha value is -4.66. The minimum absolute atomic E-state index is 0.185. The molecule has 0 spiro atoms. The van der Waals surface area contributed by atoms with Gasteiger partial charge in [-0.25, -0.2) is 0 Å².